The molecule has 2 N–H and O–H groups in total. The summed E-state index contributed by atoms with van der Waals surface area (Å²) in [4.78, 5) is 34.5. The van der Waals surface area contributed by atoms with Gasteiger partial charge in [0.05, 0.1) is 29.4 Å². The molecule has 2 fully saturated rings. The Bertz CT molecular complexity index is 1340. The number of carboxylic acid groups (broad SMARTS) is 1. The first-order valence-electron chi connectivity index (χ1n) is 13.9. The molecule has 2 aliphatic heterocycles. The maximum atomic E-state index is 12.8. The number of fused-ring (bicyclic) bond motifs is 1. The van der Waals surface area contributed by atoms with E-state index in [0.717, 1.165) is 74.2 Å². The van der Waals surface area contributed by atoms with Crippen LogP contribution in [0.5, 0.6) is 0 Å². The molecule has 0 aliphatic carbocycles. The summed E-state index contributed by atoms with van der Waals surface area (Å²) in [7, 11) is 0. The number of nitrogens with one attached hydrogen (secondary N) is 1. The van der Waals surface area contributed by atoms with E-state index in [-0.39, 0.29) is 23.9 Å². The second kappa shape index (κ2) is 12.8. The van der Waals surface area contributed by atoms with E-state index in [0.29, 0.717) is 10.0 Å². The van der Waals surface area contributed by atoms with Gasteiger partial charge >= 0.3 is 5.97 Å². The van der Waals surface area contributed by atoms with Crippen molar-refractivity contribution in [1.82, 2.24) is 30.0 Å². The van der Waals surface area contributed by atoms with Crippen LogP contribution in [-0.4, -0.2) is 67.3 Å². The Morgan fingerprint density at radius 1 is 1.10 bits per heavy atom. The number of aliphatic carboxylic acids is 1. The van der Waals surface area contributed by atoms with Gasteiger partial charge in [-0.2, -0.15) is 5.10 Å². The fraction of sp³-hybridized carbons (Fsp3) is 0.552. The zero-order chi connectivity index (χ0) is 29.0. The molecule has 2 unspecified atom stereocenters. The van der Waals surface area contributed by atoms with E-state index in [4.69, 9.17) is 33.3 Å². The topological polar surface area (TPSA) is 113 Å². The third-order valence-corrected chi connectivity index (χ3v) is 8.14. The Balaban J connectivity index is 0.000000470. The van der Waals surface area contributed by atoms with Crippen molar-refractivity contribution in [3.05, 3.63) is 51.9 Å². The highest BCUT2D eigenvalue weighted by Gasteiger charge is 2.30. The van der Waals surface area contributed by atoms with Crippen molar-refractivity contribution in [3.63, 3.8) is 0 Å². The van der Waals surface area contributed by atoms with Crippen LogP contribution in [0.3, 0.4) is 0 Å². The highest BCUT2D eigenvalue weighted by Crippen LogP contribution is 2.31. The van der Waals surface area contributed by atoms with Crippen LogP contribution in [0.2, 0.25) is 10.0 Å². The number of carbonyl (C=O) groups is 2. The maximum Gasteiger partial charge on any atom is 0.308 e. The van der Waals surface area contributed by atoms with Gasteiger partial charge in [-0.05, 0) is 77.6 Å². The van der Waals surface area contributed by atoms with Gasteiger partial charge in [-0.3, -0.25) is 9.59 Å². The molecule has 2 aromatic heterocycles. The number of nitrogens with zero attached hydrogens (tertiary/aromatic N) is 5. The third kappa shape index (κ3) is 7.11. The lowest BCUT2D eigenvalue weighted by Gasteiger charge is -2.35. The molecule has 4 heterocycles. The predicted molar refractivity (Wildman–Crippen MR) is 157 cm³/mol. The van der Waals surface area contributed by atoms with E-state index in [9.17, 15) is 9.59 Å². The van der Waals surface area contributed by atoms with Crippen LogP contribution in [0.1, 0.15) is 83.0 Å². The minimum Gasteiger partial charge on any atom is -0.481 e. The van der Waals surface area contributed by atoms with Crippen LogP contribution in [0, 0.1) is 5.41 Å². The molecule has 216 valence electrons. The number of hydrogen-bond acceptors (Lipinski definition) is 6. The SMILES string of the molecule is CC(C)(C)C(=O)O.CC(c1ccc(Cl)cc1Cl)n1ncc2ncc(C3CCN(C(=O)C4CCCCN4)CC3)nc21. The summed E-state index contributed by atoms with van der Waals surface area (Å²) >= 11 is 12.5. The fourth-order valence-electron chi connectivity index (χ4n) is 4.96. The maximum absolute atomic E-state index is 12.8. The van der Waals surface area contributed by atoms with Crippen molar-refractivity contribution in [2.75, 3.05) is 19.6 Å². The summed E-state index contributed by atoms with van der Waals surface area (Å²) in [5.41, 5.74) is 2.81. The average molecular weight is 590 g/mol. The molecule has 1 aromatic carbocycles. The van der Waals surface area contributed by atoms with Gasteiger partial charge in [0.15, 0.2) is 5.65 Å². The molecule has 2 aliphatic rings. The summed E-state index contributed by atoms with van der Waals surface area (Å²) in [6.45, 7) is 9.49. The predicted octanol–water partition coefficient (Wildman–Crippen LogP) is 5.71. The van der Waals surface area contributed by atoms with Crippen LogP contribution in [0.4, 0.5) is 0 Å². The van der Waals surface area contributed by atoms with E-state index in [1.165, 1.54) is 0 Å². The van der Waals surface area contributed by atoms with Crippen LogP contribution >= 0.6 is 23.2 Å². The highest BCUT2D eigenvalue weighted by atomic mass is 35.5. The first-order valence-corrected chi connectivity index (χ1v) is 14.6. The number of rotatable bonds is 4. The van der Waals surface area contributed by atoms with Crippen molar-refractivity contribution in [1.29, 1.82) is 0 Å². The molecule has 40 heavy (non-hydrogen) atoms. The Morgan fingerprint density at radius 2 is 1.80 bits per heavy atom. The number of amides is 1. The van der Waals surface area contributed by atoms with Crippen LogP contribution in [0.25, 0.3) is 11.2 Å². The number of carbonyl (C=O) groups excluding carboxylic acids is 1. The van der Waals surface area contributed by atoms with Gasteiger partial charge in [0.25, 0.3) is 0 Å². The number of aromatic nitrogens is 4. The van der Waals surface area contributed by atoms with E-state index in [1.807, 2.05) is 34.8 Å². The number of piperidine rings is 2. The monoisotopic (exact) mass is 588 g/mol. The number of benzene rings is 1. The molecule has 5 rings (SSSR count). The van der Waals surface area contributed by atoms with Gasteiger partial charge in [-0.15, -0.1) is 0 Å². The van der Waals surface area contributed by atoms with Gasteiger partial charge in [-0.25, -0.2) is 14.6 Å². The Hall–Kier alpha value is -2.75. The summed E-state index contributed by atoms with van der Waals surface area (Å²) in [6, 6.07) is 5.38. The first kappa shape index (κ1) is 30.2. The van der Waals surface area contributed by atoms with Gasteiger partial charge in [0.1, 0.15) is 5.52 Å². The summed E-state index contributed by atoms with van der Waals surface area (Å²) in [6.07, 6.45) is 8.62. The van der Waals surface area contributed by atoms with Crippen LogP contribution < -0.4 is 5.32 Å². The molecule has 0 radical (unpaired) electrons. The molecular weight excluding hydrogens is 551 g/mol. The quantitative estimate of drug-likeness (QED) is 0.401. The Morgan fingerprint density at radius 3 is 2.40 bits per heavy atom. The molecule has 2 saturated heterocycles. The van der Waals surface area contributed by atoms with E-state index in [2.05, 4.69) is 15.4 Å². The smallest absolute Gasteiger partial charge is 0.308 e. The van der Waals surface area contributed by atoms with Crippen LogP contribution in [0.15, 0.2) is 30.6 Å². The number of carboxylic acids is 1. The second-order valence-electron chi connectivity index (χ2n) is 11.6. The molecule has 0 spiro atoms. The average Bonchev–Trinajstić information content (AvgIpc) is 3.36. The zero-order valence-electron chi connectivity index (χ0n) is 23.5. The molecule has 11 heteroatoms. The van der Waals surface area contributed by atoms with Gasteiger partial charge in [-0.1, -0.05) is 35.7 Å². The van der Waals surface area contributed by atoms with E-state index < -0.39 is 11.4 Å². The van der Waals surface area contributed by atoms with Crippen molar-refractivity contribution in [3.8, 4) is 0 Å². The summed E-state index contributed by atoms with van der Waals surface area (Å²) in [5, 5.41) is 17.4. The van der Waals surface area contributed by atoms with Gasteiger partial charge < -0.3 is 15.3 Å². The highest BCUT2D eigenvalue weighted by molar-refractivity contribution is 6.35. The molecule has 2 atom stereocenters. The summed E-state index contributed by atoms with van der Waals surface area (Å²) < 4.78 is 1.87. The Kier molecular flexibility index (Phi) is 9.69. The minimum absolute atomic E-state index is 0.0121. The second-order valence-corrected chi connectivity index (χ2v) is 12.4. The zero-order valence-corrected chi connectivity index (χ0v) is 25.0. The fourth-order valence-corrected chi connectivity index (χ4v) is 5.53. The number of likely N-dealkylation sites (tertiary alicyclic amines) is 1. The summed E-state index contributed by atoms with van der Waals surface area (Å²) in [5.74, 6) is -0.225. The van der Waals surface area contributed by atoms with Gasteiger partial charge in [0.2, 0.25) is 5.91 Å². The molecule has 9 nitrogen and oxygen atoms in total. The first-order chi connectivity index (χ1) is 19.0. The van der Waals surface area contributed by atoms with Gasteiger partial charge in [0, 0.05) is 35.2 Å². The van der Waals surface area contributed by atoms with Crippen molar-refractivity contribution in [2.24, 2.45) is 5.41 Å². The molecule has 0 bridgehead atoms. The van der Waals surface area contributed by atoms with Crippen LogP contribution in [-0.2, 0) is 9.59 Å². The third-order valence-electron chi connectivity index (χ3n) is 7.58. The van der Waals surface area contributed by atoms with Crippen molar-refractivity contribution < 1.29 is 14.7 Å². The number of halogens is 2. The van der Waals surface area contributed by atoms with E-state index >= 15 is 0 Å². The lowest BCUT2D eigenvalue weighted by Crippen LogP contribution is -2.50. The Labute approximate surface area is 245 Å². The lowest BCUT2D eigenvalue weighted by atomic mass is 9.93. The lowest BCUT2D eigenvalue weighted by molar-refractivity contribution is -0.145. The largest absolute Gasteiger partial charge is 0.481 e. The molecule has 0 saturated carbocycles. The van der Waals surface area contributed by atoms with E-state index in [1.54, 1.807) is 33.0 Å². The number of hydrogen-bond donors (Lipinski definition) is 2. The molecular formula is C29H38Cl2N6O3. The standard InChI is InChI=1S/C24H28Cl2N6O.C5H10O2/c1-15(18-6-5-17(25)12-19(18)26)32-23-22(14-29-32)28-13-21(30-23)16-7-10-31(11-8-16)24(33)20-4-2-3-9-27-20;1-5(2,3)4(6)7/h5-6,12-16,20,27H,2-4,7-11H2,1H3;1-3H3,(H,6,7). The molecule has 3 aromatic rings. The van der Waals surface area contributed by atoms with Crippen molar-refractivity contribution >= 4 is 46.2 Å². The minimum atomic E-state index is -0.757. The molecule has 1 amide bonds. The van der Waals surface area contributed by atoms with Crippen molar-refractivity contribution in [2.45, 2.75) is 77.8 Å². The normalized spacial score (nSPS) is 19.1.